The summed E-state index contributed by atoms with van der Waals surface area (Å²) in [7, 11) is 0. The third-order valence-corrected chi connectivity index (χ3v) is 4.84. The molecule has 0 spiro atoms. The second-order valence-corrected chi connectivity index (χ2v) is 6.43. The lowest BCUT2D eigenvalue weighted by molar-refractivity contribution is -0.121. The number of nitrogens with zero attached hydrogens (tertiary/aromatic N) is 1. The van der Waals surface area contributed by atoms with E-state index in [-0.39, 0.29) is 12.0 Å². The fourth-order valence-corrected chi connectivity index (χ4v) is 3.70. The van der Waals surface area contributed by atoms with Crippen molar-refractivity contribution in [2.75, 3.05) is 32.8 Å². The first-order valence-electron chi connectivity index (χ1n) is 8.17. The number of nitrogens with one attached hydrogen (secondary N) is 2. The standard InChI is InChI=1S/C15H27N3O2/c19-15(17-12-4-1-2-5-12)9-16-8-14-10-18-7-3-6-13(18)11-20-14/h12-14,16H,1-11H2,(H,17,19). The van der Waals surface area contributed by atoms with E-state index in [1.165, 1.54) is 32.2 Å². The molecule has 1 aliphatic carbocycles. The number of carbonyl (C=O) groups is 1. The highest BCUT2D eigenvalue weighted by Gasteiger charge is 2.31. The smallest absolute Gasteiger partial charge is 0.234 e. The van der Waals surface area contributed by atoms with Gasteiger partial charge in [-0.25, -0.2) is 0 Å². The van der Waals surface area contributed by atoms with E-state index in [2.05, 4.69) is 15.5 Å². The molecule has 3 fully saturated rings. The van der Waals surface area contributed by atoms with Gasteiger partial charge >= 0.3 is 0 Å². The Kier molecular flexibility index (Phi) is 4.91. The number of ether oxygens (including phenoxy) is 1. The van der Waals surface area contributed by atoms with Gasteiger partial charge in [0, 0.05) is 25.2 Å². The van der Waals surface area contributed by atoms with Crippen molar-refractivity contribution < 1.29 is 9.53 Å². The maximum atomic E-state index is 11.8. The van der Waals surface area contributed by atoms with Crippen LogP contribution in [-0.2, 0) is 9.53 Å². The Bertz CT molecular complexity index is 331. The lowest BCUT2D eigenvalue weighted by Crippen LogP contribution is -2.50. The fourth-order valence-electron chi connectivity index (χ4n) is 3.70. The third kappa shape index (κ3) is 3.71. The first-order valence-corrected chi connectivity index (χ1v) is 8.17. The minimum absolute atomic E-state index is 0.131. The summed E-state index contributed by atoms with van der Waals surface area (Å²) in [5.41, 5.74) is 0. The van der Waals surface area contributed by atoms with Gasteiger partial charge in [-0.05, 0) is 32.2 Å². The second kappa shape index (κ2) is 6.87. The van der Waals surface area contributed by atoms with Gasteiger partial charge in [-0.2, -0.15) is 0 Å². The van der Waals surface area contributed by atoms with Crippen LogP contribution in [0.25, 0.3) is 0 Å². The van der Waals surface area contributed by atoms with Gasteiger partial charge < -0.3 is 15.4 Å². The summed E-state index contributed by atoms with van der Waals surface area (Å²) in [6, 6.07) is 1.07. The summed E-state index contributed by atoms with van der Waals surface area (Å²) in [6.07, 6.45) is 7.63. The Morgan fingerprint density at radius 1 is 1.20 bits per heavy atom. The zero-order valence-corrected chi connectivity index (χ0v) is 12.3. The number of amides is 1. The molecular formula is C15H27N3O2. The summed E-state index contributed by atoms with van der Waals surface area (Å²) >= 11 is 0. The van der Waals surface area contributed by atoms with Crippen LogP contribution in [-0.4, -0.2) is 61.8 Å². The topological polar surface area (TPSA) is 53.6 Å². The van der Waals surface area contributed by atoms with Crippen molar-refractivity contribution in [2.24, 2.45) is 0 Å². The highest BCUT2D eigenvalue weighted by molar-refractivity contribution is 5.78. The van der Waals surface area contributed by atoms with Gasteiger partial charge in [-0.1, -0.05) is 12.8 Å². The Labute approximate surface area is 121 Å². The molecule has 1 saturated carbocycles. The van der Waals surface area contributed by atoms with Gasteiger partial charge in [0.2, 0.25) is 5.91 Å². The van der Waals surface area contributed by atoms with E-state index in [9.17, 15) is 4.79 Å². The molecule has 3 aliphatic rings. The maximum absolute atomic E-state index is 11.8. The maximum Gasteiger partial charge on any atom is 0.234 e. The van der Waals surface area contributed by atoms with Gasteiger partial charge in [0.1, 0.15) is 0 Å². The van der Waals surface area contributed by atoms with Crippen molar-refractivity contribution >= 4 is 5.91 Å². The van der Waals surface area contributed by atoms with Crippen LogP contribution in [0.1, 0.15) is 38.5 Å². The minimum atomic E-state index is 0.131. The molecule has 0 radical (unpaired) electrons. The van der Waals surface area contributed by atoms with Crippen molar-refractivity contribution in [1.29, 1.82) is 0 Å². The molecule has 114 valence electrons. The van der Waals surface area contributed by atoms with Gasteiger partial charge in [0.25, 0.3) is 0 Å². The molecule has 0 aromatic carbocycles. The van der Waals surface area contributed by atoms with Crippen LogP contribution in [0.15, 0.2) is 0 Å². The van der Waals surface area contributed by atoms with Gasteiger partial charge in [0.15, 0.2) is 0 Å². The molecule has 0 aromatic heterocycles. The molecule has 20 heavy (non-hydrogen) atoms. The van der Waals surface area contributed by atoms with Crippen molar-refractivity contribution in [3.05, 3.63) is 0 Å². The average molecular weight is 281 g/mol. The van der Waals surface area contributed by atoms with Gasteiger partial charge in [-0.3, -0.25) is 9.69 Å². The van der Waals surface area contributed by atoms with Crippen LogP contribution in [0, 0.1) is 0 Å². The number of carbonyl (C=O) groups excluding carboxylic acids is 1. The first kappa shape index (κ1) is 14.3. The molecule has 5 heteroatoms. The SMILES string of the molecule is O=C(CNCC1CN2CCCC2CO1)NC1CCCC1. The molecular weight excluding hydrogens is 254 g/mol. The summed E-state index contributed by atoms with van der Waals surface area (Å²) in [6.45, 7) is 4.29. The molecule has 2 saturated heterocycles. The van der Waals surface area contributed by atoms with E-state index in [1.54, 1.807) is 0 Å². The van der Waals surface area contributed by atoms with Crippen LogP contribution in [0.2, 0.25) is 0 Å². The Hall–Kier alpha value is -0.650. The fraction of sp³-hybridized carbons (Fsp3) is 0.933. The molecule has 1 amide bonds. The highest BCUT2D eigenvalue weighted by atomic mass is 16.5. The molecule has 5 nitrogen and oxygen atoms in total. The molecule has 2 heterocycles. The van der Waals surface area contributed by atoms with E-state index < -0.39 is 0 Å². The van der Waals surface area contributed by atoms with Crippen molar-refractivity contribution in [2.45, 2.75) is 56.7 Å². The van der Waals surface area contributed by atoms with Crippen LogP contribution in [0.3, 0.4) is 0 Å². The highest BCUT2D eigenvalue weighted by Crippen LogP contribution is 2.22. The van der Waals surface area contributed by atoms with Crippen LogP contribution in [0.5, 0.6) is 0 Å². The molecule has 2 N–H and O–H groups in total. The van der Waals surface area contributed by atoms with Crippen LogP contribution < -0.4 is 10.6 Å². The monoisotopic (exact) mass is 281 g/mol. The van der Waals surface area contributed by atoms with Crippen molar-refractivity contribution in [3.63, 3.8) is 0 Å². The zero-order chi connectivity index (χ0) is 13.8. The summed E-state index contributed by atoms with van der Waals surface area (Å²) in [4.78, 5) is 14.3. The quantitative estimate of drug-likeness (QED) is 0.770. The summed E-state index contributed by atoms with van der Waals surface area (Å²) < 4.78 is 5.87. The lowest BCUT2D eigenvalue weighted by Gasteiger charge is -2.35. The van der Waals surface area contributed by atoms with E-state index in [4.69, 9.17) is 4.74 Å². The Morgan fingerprint density at radius 2 is 2.05 bits per heavy atom. The van der Waals surface area contributed by atoms with E-state index in [1.807, 2.05) is 0 Å². The van der Waals surface area contributed by atoms with E-state index >= 15 is 0 Å². The average Bonchev–Trinajstić information content (AvgIpc) is 3.09. The van der Waals surface area contributed by atoms with Gasteiger partial charge in [-0.15, -0.1) is 0 Å². The van der Waals surface area contributed by atoms with Crippen molar-refractivity contribution in [1.82, 2.24) is 15.5 Å². The second-order valence-electron chi connectivity index (χ2n) is 6.43. The number of rotatable bonds is 5. The van der Waals surface area contributed by atoms with E-state index in [0.29, 0.717) is 18.6 Å². The molecule has 2 aliphatic heterocycles. The van der Waals surface area contributed by atoms with Crippen LogP contribution >= 0.6 is 0 Å². The molecule has 2 atom stereocenters. The zero-order valence-electron chi connectivity index (χ0n) is 12.3. The number of hydrogen-bond acceptors (Lipinski definition) is 4. The van der Waals surface area contributed by atoms with E-state index in [0.717, 1.165) is 32.5 Å². The normalized spacial score (nSPS) is 31.4. The van der Waals surface area contributed by atoms with Crippen molar-refractivity contribution in [3.8, 4) is 0 Å². The molecule has 3 rings (SSSR count). The summed E-state index contributed by atoms with van der Waals surface area (Å²) in [5.74, 6) is 0.131. The molecule has 0 bridgehead atoms. The molecule has 0 aromatic rings. The minimum Gasteiger partial charge on any atom is -0.374 e. The lowest BCUT2D eigenvalue weighted by atomic mass is 10.2. The third-order valence-electron chi connectivity index (χ3n) is 4.84. The van der Waals surface area contributed by atoms with Crippen LogP contribution in [0.4, 0.5) is 0 Å². The largest absolute Gasteiger partial charge is 0.374 e. The predicted octanol–water partition coefficient (Wildman–Crippen LogP) is 0.498. The summed E-state index contributed by atoms with van der Waals surface area (Å²) in [5, 5.41) is 6.35. The molecule has 2 unspecified atom stereocenters. The predicted molar refractivity (Wildman–Crippen MR) is 77.6 cm³/mol. The Balaban J connectivity index is 1.30. The number of hydrogen-bond donors (Lipinski definition) is 2. The first-order chi connectivity index (χ1) is 9.81. The number of fused-ring (bicyclic) bond motifs is 1. The number of morpholine rings is 1. The van der Waals surface area contributed by atoms with Gasteiger partial charge in [0.05, 0.1) is 19.3 Å². The Morgan fingerprint density at radius 3 is 2.90 bits per heavy atom.